The maximum atomic E-state index is 12.5. The maximum absolute atomic E-state index is 12.5. The Bertz CT molecular complexity index is 996. The van der Waals surface area contributed by atoms with Gasteiger partial charge >= 0.3 is 0 Å². The van der Waals surface area contributed by atoms with E-state index in [1.807, 2.05) is 36.6 Å². The minimum Gasteiger partial charge on any atom is -0.495 e. The number of amides is 2. The Morgan fingerprint density at radius 3 is 2.54 bits per heavy atom. The number of ether oxygens (including phenoxy) is 1. The van der Waals surface area contributed by atoms with Gasteiger partial charge in [0.2, 0.25) is 11.8 Å². The molecule has 0 aliphatic rings. The monoisotopic (exact) mass is 395 g/mol. The summed E-state index contributed by atoms with van der Waals surface area (Å²) in [7, 11) is 1.53. The van der Waals surface area contributed by atoms with Crippen molar-refractivity contribution in [3.63, 3.8) is 0 Å². The van der Waals surface area contributed by atoms with Crippen molar-refractivity contribution >= 4 is 34.5 Å². The summed E-state index contributed by atoms with van der Waals surface area (Å²) < 4.78 is 5.29. The van der Waals surface area contributed by atoms with Gasteiger partial charge in [0.15, 0.2) is 0 Å². The molecule has 0 aliphatic heterocycles. The van der Waals surface area contributed by atoms with E-state index in [-0.39, 0.29) is 18.2 Å². The number of nitrogens with one attached hydrogen (secondary N) is 2. The van der Waals surface area contributed by atoms with Gasteiger partial charge in [0, 0.05) is 23.6 Å². The van der Waals surface area contributed by atoms with E-state index in [4.69, 9.17) is 4.74 Å². The first-order chi connectivity index (χ1) is 13.4. The Labute approximate surface area is 167 Å². The first kappa shape index (κ1) is 19.6. The van der Waals surface area contributed by atoms with Crippen molar-refractivity contribution in [1.29, 1.82) is 0 Å². The van der Waals surface area contributed by atoms with Crippen LogP contribution in [0.15, 0.2) is 47.8 Å². The van der Waals surface area contributed by atoms with Crippen LogP contribution in [0, 0.1) is 6.92 Å². The molecule has 0 fully saturated rings. The minimum atomic E-state index is -0.209. The molecule has 0 saturated carbocycles. The molecule has 0 aliphatic carbocycles. The highest BCUT2D eigenvalue weighted by Crippen LogP contribution is 2.28. The fourth-order valence-electron chi connectivity index (χ4n) is 2.66. The molecule has 3 aromatic rings. The summed E-state index contributed by atoms with van der Waals surface area (Å²) in [5, 5.41) is 8.29. The Morgan fingerprint density at radius 1 is 1.11 bits per heavy atom. The maximum Gasteiger partial charge on any atom is 0.230 e. The van der Waals surface area contributed by atoms with E-state index in [2.05, 4.69) is 15.6 Å². The van der Waals surface area contributed by atoms with Crippen LogP contribution in [-0.2, 0) is 16.0 Å². The lowest BCUT2D eigenvalue weighted by Gasteiger charge is -2.12. The van der Waals surface area contributed by atoms with Gasteiger partial charge in [-0.05, 0) is 25.1 Å². The molecule has 2 aromatic carbocycles. The molecule has 0 unspecified atom stereocenters. The number of nitrogens with zero attached hydrogens (tertiary/aromatic N) is 1. The summed E-state index contributed by atoms with van der Waals surface area (Å²) in [6.45, 7) is 3.47. The molecule has 144 valence electrons. The number of aromatic nitrogens is 1. The van der Waals surface area contributed by atoms with Crippen molar-refractivity contribution in [2.45, 2.75) is 20.3 Å². The van der Waals surface area contributed by atoms with Crippen LogP contribution in [0.1, 0.15) is 18.2 Å². The lowest BCUT2D eigenvalue weighted by Crippen LogP contribution is -2.15. The first-order valence-electron chi connectivity index (χ1n) is 8.71. The van der Waals surface area contributed by atoms with Crippen LogP contribution in [0.5, 0.6) is 5.75 Å². The van der Waals surface area contributed by atoms with Crippen LogP contribution in [0.4, 0.5) is 11.4 Å². The second-order valence-corrected chi connectivity index (χ2v) is 7.19. The van der Waals surface area contributed by atoms with Crippen LogP contribution in [0.3, 0.4) is 0 Å². The summed E-state index contributed by atoms with van der Waals surface area (Å²) >= 11 is 1.51. The predicted octanol–water partition coefficient (Wildman–Crippen LogP) is 4.27. The van der Waals surface area contributed by atoms with Gasteiger partial charge in [0.25, 0.3) is 0 Å². The molecule has 2 N–H and O–H groups in total. The predicted molar refractivity (Wildman–Crippen MR) is 112 cm³/mol. The highest BCUT2D eigenvalue weighted by molar-refractivity contribution is 7.13. The van der Waals surface area contributed by atoms with Crippen molar-refractivity contribution in [3.05, 3.63) is 59.1 Å². The van der Waals surface area contributed by atoms with E-state index < -0.39 is 0 Å². The van der Waals surface area contributed by atoms with Crippen LogP contribution >= 0.6 is 11.3 Å². The molecule has 7 heteroatoms. The van der Waals surface area contributed by atoms with E-state index in [1.165, 1.54) is 30.9 Å². The van der Waals surface area contributed by atoms with Gasteiger partial charge in [0.05, 0.1) is 24.9 Å². The van der Waals surface area contributed by atoms with Crippen molar-refractivity contribution in [2.24, 2.45) is 0 Å². The van der Waals surface area contributed by atoms with Gasteiger partial charge < -0.3 is 15.4 Å². The Hall–Kier alpha value is -3.19. The molecule has 2 amide bonds. The lowest BCUT2D eigenvalue weighted by molar-refractivity contribution is -0.116. The summed E-state index contributed by atoms with van der Waals surface area (Å²) in [5.41, 5.74) is 4.00. The Morgan fingerprint density at radius 2 is 1.86 bits per heavy atom. The minimum absolute atomic E-state index is 0.149. The number of carbonyl (C=O) groups excluding carboxylic acids is 2. The van der Waals surface area contributed by atoms with Crippen LogP contribution in [0.25, 0.3) is 10.6 Å². The van der Waals surface area contributed by atoms with Gasteiger partial charge in [0.1, 0.15) is 10.8 Å². The Kier molecular flexibility index (Phi) is 6.06. The fraction of sp³-hybridized carbons (Fsp3) is 0.190. The number of hydrogen-bond donors (Lipinski definition) is 2. The van der Waals surface area contributed by atoms with E-state index >= 15 is 0 Å². The van der Waals surface area contributed by atoms with E-state index in [1.54, 1.807) is 18.2 Å². The van der Waals surface area contributed by atoms with Crippen LogP contribution < -0.4 is 15.4 Å². The van der Waals surface area contributed by atoms with E-state index in [0.29, 0.717) is 22.8 Å². The van der Waals surface area contributed by atoms with Crippen LogP contribution in [-0.4, -0.2) is 23.9 Å². The van der Waals surface area contributed by atoms with Crippen molar-refractivity contribution in [1.82, 2.24) is 4.98 Å². The standard InChI is InChI=1S/C21H21N3O3S/c1-13-4-6-15(7-5-13)21-23-17(12-28-21)11-20(26)24-18-10-16(22-14(2)25)8-9-19(18)27-3/h4-10,12H,11H2,1-3H3,(H,22,25)(H,24,26). The number of methoxy groups -OCH3 is 1. The zero-order valence-corrected chi connectivity index (χ0v) is 16.7. The smallest absolute Gasteiger partial charge is 0.230 e. The van der Waals surface area contributed by atoms with Gasteiger partial charge in [-0.3, -0.25) is 9.59 Å². The summed E-state index contributed by atoms with van der Waals surface area (Å²) in [6, 6.07) is 13.2. The van der Waals surface area contributed by atoms with Gasteiger partial charge in [-0.1, -0.05) is 29.8 Å². The molecule has 0 radical (unpaired) electrons. The lowest BCUT2D eigenvalue weighted by atomic mass is 10.2. The molecule has 1 aromatic heterocycles. The molecule has 6 nitrogen and oxygen atoms in total. The third kappa shape index (κ3) is 4.95. The molecule has 0 bridgehead atoms. The second kappa shape index (κ2) is 8.67. The largest absolute Gasteiger partial charge is 0.495 e. The topological polar surface area (TPSA) is 80.3 Å². The zero-order chi connectivity index (χ0) is 20.1. The third-order valence-corrected chi connectivity index (χ3v) is 4.93. The Balaban J connectivity index is 1.70. The number of hydrogen-bond acceptors (Lipinski definition) is 5. The van der Waals surface area contributed by atoms with E-state index in [0.717, 1.165) is 10.6 Å². The number of aryl methyl sites for hydroxylation is 1. The number of rotatable bonds is 6. The molecule has 28 heavy (non-hydrogen) atoms. The van der Waals surface area contributed by atoms with Crippen molar-refractivity contribution in [2.75, 3.05) is 17.7 Å². The molecular weight excluding hydrogens is 374 g/mol. The molecular formula is C21H21N3O3S. The highest BCUT2D eigenvalue weighted by atomic mass is 32.1. The first-order valence-corrected chi connectivity index (χ1v) is 9.59. The number of thiazole rings is 1. The van der Waals surface area contributed by atoms with Gasteiger partial charge in [-0.15, -0.1) is 11.3 Å². The number of carbonyl (C=O) groups is 2. The average molecular weight is 395 g/mol. The van der Waals surface area contributed by atoms with Crippen molar-refractivity contribution in [3.8, 4) is 16.3 Å². The average Bonchev–Trinajstić information content (AvgIpc) is 3.10. The highest BCUT2D eigenvalue weighted by Gasteiger charge is 2.12. The molecule has 0 atom stereocenters. The zero-order valence-electron chi connectivity index (χ0n) is 15.9. The van der Waals surface area contributed by atoms with Crippen LogP contribution in [0.2, 0.25) is 0 Å². The molecule has 3 rings (SSSR count). The summed E-state index contributed by atoms with van der Waals surface area (Å²) in [4.78, 5) is 28.3. The number of benzene rings is 2. The fourth-order valence-corrected chi connectivity index (χ4v) is 3.49. The third-order valence-electron chi connectivity index (χ3n) is 3.99. The normalized spacial score (nSPS) is 10.4. The molecule has 1 heterocycles. The second-order valence-electron chi connectivity index (χ2n) is 6.33. The molecule has 0 spiro atoms. The van der Waals surface area contributed by atoms with Gasteiger partial charge in [-0.25, -0.2) is 4.98 Å². The number of anilines is 2. The quantitative estimate of drug-likeness (QED) is 0.653. The summed E-state index contributed by atoms with van der Waals surface area (Å²) in [6.07, 6.45) is 0.149. The van der Waals surface area contributed by atoms with E-state index in [9.17, 15) is 9.59 Å². The summed E-state index contributed by atoms with van der Waals surface area (Å²) in [5.74, 6) is 0.119. The SMILES string of the molecule is COc1ccc(NC(C)=O)cc1NC(=O)Cc1csc(-c2ccc(C)cc2)n1. The van der Waals surface area contributed by atoms with Gasteiger partial charge in [-0.2, -0.15) is 0 Å². The molecule has 0 saturated heterocycles. The van der Waals surface area contributed by atoms with Crippen molar-refractivity contribution < 1.29 is 14.3 Å².